The molecule has 96 valence electrons. The molecule has 0 amide bonds. The molecule has 0 unspecified atom stereocenters. The number of nitrogens with zero attached hydrogens (tertiary/aromatic N) is 2. The molecule has 1 aromatic heterocycles. The molecule has 0 saturated carbocycles. The number of aryl methyl sites for hydroxylation is 1. The number of hydrogen-bond donors (Lipinski definition) is 0. The van der Waals surface area contributed by atoms with Crippen molar-refractivity contribution in [2.75, 3.05) is 0 Å². The fraction of sp³-hybridized carbons (Fsp3) is 0.250. The number of imidazole rings is 1. The number of alkyl halides is 3. The van der Waals surface area contributed by atoms with Crippen LogP contribution in [0.1, 0.15) is 12.5 Å². The van der Waals surface area contributed by atoms with Crippen LogP contribution in [0.25, 0.3) is 0 Å². The van der Waals surface area contributed by atoms with E-state index in [1.807, 2.05) is 6.92 Å². The van der Waals surface area contributed by atoms with Crippen LogP contribution in [-0.4, -0.2) is 9.55 Å². The molecule has 0 aliphatic heterocycles. The maximum atomic E-state index is 12.7. The Morgan fingerprint density at radius 1 is 1.28 bits per heavy atom. The molecule has 6 heteroatoms. The van der Waals surface area contributed by atoms with E-state index in [4.69, 9.17) is 4.74 Å². The van der Waals surface area contributed by atoms with Gasteiger partial charge in [-0.15, -0.1) is 0 Å². The van der Waals surface area contributed by atoms with Crippen molar-refractivity contribution < 1.29 is 17.9 Å². The third kappa shape index (κ3) is 2.64. The summed E-state index contributed by atoms with van der Waals surface area (Å²) in [6, 6.07) is 5.06. The van der Waals surface area contributed by atoms with E-state index in [0.717, 1.165) is 6.07 Å². The molecule has 2 rings (SSSR count). The SMILES string of the molecule is CCn1cnc(Oc2ccccc2C(F)(F)F)c1. The number of aromatic nitrogens is 2. The van der Waals surface area contributed by atoms with E-state index in [9.17, 15) is 13.2 Å². The van der Waals surface area contributed by atoms with Gasteiger partial charge in [-0.2, -0.15) is 13.2 Å². The smallest absolute Gasteiger partial charge is 0.419 e. The lowest BCUT2D eigenvalue weighted by molar-refractivity contribution is -0.138. The van der Waals surface area contributed by atoms with Gasteiger partial charge in [0, 0.05) is 6.54 Å². The Bertz CT molecular complexity index is 534. The van der Waals surface area contributed by atoms with Gasteiger partial charge >= 0.3 is 6.18 Å². The predicted octanol–water partition coefficient (Wildman–Crippen LogP) is 3.71. The summed E-state index contributed by atoms with van der Waals surface area (Å²) in [5.74, 6) is -0.0973. The summed E-state index contributed by atoms with van der Waals surface area (Å²) in [4.78, 5) is 3.88. The molecule has 0 radical (unpaired) electrons. The minimum atomic E-state index is -4.44. The van der Waals surface area contributed by atoms with Crippen molar-refractivity contribution in [3.63, 3.8) is 0 Å². The van der Waals surface area contributed by atoms with Crippen LogP contribution in [0.15, 0.2) is 36.8 Å². The first-order valence-corrected chi connectivity index (χ1v) is 5.36. The summed E-state index contributed by atoms with van der Waals surface area (Å²) in [5.41, 5.74) is -0.809. The minimum absolute atomic E-state index is 0.147. The summed E-state index contributed by atoms with van der Waals surface area (Å²) in [5, 5.41) is 0. The molecule has 0 aliphatic carbocycles. The van der Waals surface area contributed by atoms with Gasteiger partial charge in [0.2, 0.25) is 5.88 Å². The Hall–Kier alpha value is -1.98. The molecule has 2 aromatic rings. The summed E-state index contributed by atoms with van der Waals surface area (Å²) in [7, 11) is 0. The quantitative estimate of drug-likeness (QED) is 0.837. The van der Waals surface area contributed by atoms with Gasteiger partial charge in [0.25, 0.3) is 0 Å². The zero-order valence-electron chi connectivity index (χ0n) is 9.61. The molecule has 18 heavy (non-hydrogen) atoms. The molecule has 0 aliphatic rings. The van der Waals surface area contributed by atoms with Crippen molar-refractivity contribution in [3.05, 3.63) is 42.4 Å². The minimum Gasteiger partial charge on any atom is -0.437 e. The van der Waals surface area contributed by atoms with Crippen molar-refractivity contribution in [1.29, 1.82) is 0 Å². The second-order valence-electron chi connectivity index (χ2n) is 3.64. The molecule has 1 heterocycles. The number of halogens is 3. The molecule has 1 aromatic carbocycles. The zero-order valence-corrected chi connectivity index (χ0v) is 9.61. The van der Waals surface area contributed by atoms with Crippen LogP contribution in [0.2, 0.25) is 0 Å². The number of para-hydroxylation sites is 1. The third-order valence-electron chi connectivity index (χ3n) is 2.38. The van der Waals surface area contributed by atoms with Gasteiger partial charge in [0.15, 0.2) is 0 Å². The largest absolute Gasteiger partial charge is 0.437 e. The van der Waals surface area contributed by atoms with Crippen LogP contribution < -0.4 is 4.74 Å². The van der Waals surface area contributed by atoms with E-state index in [2.05, 4.69) is 4.98 Å². The second kappa shape index (κ2) is 4.72. The zero-order chi connectivity index (χ0) is 13.2. The van der Waals surface area contributed by atoms with Gasteiger partial charge in [0.05, 0.1) is 18.1 Å². The van der Waals surface area contributed by atoms with Crippen LogP contribution in [0.3, 0.4) is 0 Å². The van der Waals surface area contributed by atoms with Crippen LogP contribution in [0, 0.1) is 0 Å². The molecular formula is C12H11F3N2O. The Labute approximate surface area is 102 Å². The van der Waals surface area contributed by atoms with Gasteiger partial charge in [0.1, 0.15) is 5.75 Å². The molecule has 0 atom stereocenters. The van der Waals surface area contributed by atoms with Crippen molar-refractivity contribution in [1.82, 2.24) is 9.55 Å². The highest BCUT2D eigenvalue weighted by atomic mass is 19.4. The van der Waals surface area contributed by atoms with E-state index in [0.29, 0.717) is 6.54 Å². The van der Waals surface area contributed by atoms with Gasteiger partial charge in [-0.3, -0.25) is 0 Å². The summed E-state index contributed by atoms with van der Waals surface area (Å²) in [6.07, 6.45) is -1.39. The monoisotopic (exact) mass is 256 g/mol. The Balaban J connectivity index is 2.29. The summed E-state index contributed by atoms with van der Waals surface area (Å²) < 4.78 is 45.0. The molecular weight excluding hydrogens is 245 g/mol. The van der Waals surface area contributed by atoms with E-state index in [-0.39, 0.29) is 11.6 Å². The fourth-order valence-corrected chi connectivity index (χ4v) is 1.47. The highest BCUT2D eigenvalue weighted by molar-refractivity contribution is 5.37. The lowest BCUT2D eigenvalue weighted by atomic mass is 10.2. The fourth-order valence-electron chi connectivity index (χ4n) is 1.47. The normalized spacial score (nSPS) is 11.6. The summed E-state index contributed by atoms with van der Waals surface area (Å²) >= 11 is 0. The molecule has 0 saturated heterocycles. The number of hydrogen-bond acceptors (Lipinski definition) is 2. The Morgan fingerprint density at radius 2 is 2.00 bits per heavy atom. The third-order valence-corrected chi connectivity index (χ3v) is 2.38. The Kier molecular flexibility index (Phi) is 3.27. The van der Waals surface area contributed by atoms with E-state index >= 15 is 0 Å². The number of rotatable bonds is 3. The molecule has 0 fully saturated rings. The van der Waals surface area contributed by atoms with Crippen LogP contribution in [0.4, 0.5) is 13.2 Å². The lowest BCUT2D eigenvalue weighted by Crippen LogP contribution is -2.06. The van der Waals surface area contributed by atoms with Crippen molar-refractivity contribution in [3.8, 4) is 11.6 Å². The van der Waals surface area contributed by atoms with E-state index < -0.39 is 11.7 Å². The molecule has 3 nitrogen and oxygen atoms in total. The first-order valence-electron chi connectivity index (χ1n) is 5.36. The van der Waals surface area contributed by atoms with Gasteiger partial charge < -0.3 is 9.30 Å². The van der Waals surface area contributed by atoms with Gasteiger partial charge in [-0.25, -0.2) is 4.98 Å². The molecule has 0 N–H and O–H groups in total. The second-order valence-corrected chi connectivity index (χ2v) is 3.64. The highest BCUT2D eigenvalue weighted by Crippen LogP contribution is 2.37. The first kappa shape index (κ1) is 12.5. The van der Waals surface area contributed by atoms with Crippen molar-refractivity contribution in [2.45, 2.75) is 19.6 Å². The lowest BCUT2D eigenvalue weighted by Gasteiger charge is -2.11. The molecule has 0 spiro atoms. The number of benzene rings is 1. The standard InChI is InChI=1S/C12H11F3N2O/c1-2-17-7-11(16-8-17)18-10-6-4-3-5-9(10)12(13,14)15/h3-8H,2H2,1H3. The Morgan fingerprint density at radius 3 is 2.61 bits per heavy atom. The first-order chi connectivity index (χ1) is 8.50. The maximum Gasteiger partial charge on any atom is 0.419 e. The predicted molar refractivity (Wildman–Crippen MR) is 59.4 cm³/mol. The van der Waals surface area contributed by atoms with E-state index in [1.165, 1.54) is 24.5 Å². The van der Waals surface area contributed by atoms with Gasteiger partial charge in [-0.1, -0.05) is 12.1 Å². The summed E-state index contributed by atoms with van der Waals surface area (Å²) in [6.45, 7) is 2.58. The van der Waals surface area contributed by atoms with Gasteiger partial charge in [-0.05, 0) is 19.1 Å². The van der Waals surface area contributed by atoms with Crippen LogP contribution in [-0.2, 0) is 12.7 Å². The van der Waals surface area contributed by atoms with Crippen molar-refractivity contribution >= 4 is 0 Å². The van der Waals surface area contributed by atoms with Crippen molar-refractivity contribution in [2.24, 2.45) is 0 Å². The maximum absolute atomic E-state index is 12.7. The topological polar surface area (TPSA) is 27.1 Å². The van der Waals surface area contributed by atoms with Crippen LogP contribution in [0.5, 0.6) is 11.6 Å². The highest BCUT2D eigenvalue weighted by Gasteiger charge is 2.34. The average molecular weight is 256 g/mol. The number of ether oxygens (including phenoxy) is 1. The van der Waals surface area contributed by atoms with Crippen LogP contribution >= 0.6 is 0 Å². The van der Waals surface area contributed by atoms with E-state index in [1.54, 1.807) is 10.8 Å². The molecule has 0 bridgehead atoms. The average Bonchev–Trinajstić information content (AvgIpc) is 2.76.